The predicted molar refractivity (Wildman–Crippen MR) is 78.4 cm³/mol. The molecule has 1 aromatic heterocycles. The summed E-state index contributed by atoms with van der Waals surface area (Å²) in [5.41, 5.74) is 0.900. The van der Waals surface area contributed by atoms with Gasteiger partial charge in [0.05, 0.1) is 12.5 Å². The number of amides is 2. The molecule has 0 saturated heterocycles. The molecule has 0 bridgehead atoms. The van der Waals surface area contributed by atoms with Crippen LogP contribution < -0.4 is 10.6 Å². The van der Waals surface area contributed by atoms with Gasteiger partial charge in [-0.2, -0.15) is 0 Å². The molecule has 1 heterocycles. The SMILES string of the molecule is CC(=O)N[C@H](CC(=O)Nc1nccs1)c1ccccc1. The Morgan fingerprint density at radius 2 is 2.05 bits per heavy atom. The Morgan fingerprint density at radius 1 is 1.30 bits per heavy atom. The summed E-state index contributed by atoms with van der Waals surface area (Å²) in [6, 6.07) is 9.08. The Hall–Kier alpha value is -2.21. The Bertz CT molecular complexity index is 569. The fourth-order valence-corrected chi connectivity index (χ4v) is 2.37. The second kappa shape index (κ2) is 6.81. The minimum atomic E-state index is -0.339. The molecule has 2 amide bonds. The molecular weight excluding hydrogens is 274 g/mol. The lowest BCUT2D eigenvalue weighted by Gasteiger charge is -2.17. The molecule has 104 valence electrons. The lowest BCUT2D eigenvalue weighted by molar-refractivity contribution is -0.120. The number of hydrogen-bond acceptors (Lipinski definition) is 4. The molecule has 0 spiro atoms. The van der Waals surface area contributed by atoms with Crippen LogP contribution in [0.1, 0.15) is 24.9 Å². The van der Waals surface area contributed by atoms with Crippen LogP contribution in [0.3, 0.4) is 0 Å². The van der Waals surface area contributed by atoms with E-state index < -0.39 is 0 Å². The molecule has 2 rings (SSSR count). The van der Waals surface area contributed by atoms with Crippen LogP contribution in [-0.4, -0.2) is 16.8 Å². The third kappa shape index (κ3) is 4.17. The van der Waals surface area contributed by atoms with Gasteiger partial charge in [0, 0.05) is 18.5 Å². The maximum Gasteiger partial charge on any atom is 0.228 e. The van der Waals surface area contributed by atoms with Gasteiger partial charge in [-0.05, 0) is 5.56 Å². The topological polar surface area (TPSA) is 71.1 Å². The number of rotatable bonds is 5. The van der Waals surface area contributed by atoms with E-state index in [-0.39, 0.29) is 24.3 Å². The number of hydrogen-bond donors (Lipinski definition) is 2. The normalized spacial score (nSPS) is 11.7. The van der Waals surface area contributed by atoms with Gasteiger partial charge in [0.1, 0.15) is 0 Å². The largest absolute Gasteiger partial charge is 0.349 e. The van der Waals surface area contributed by atoms with E-state index in [1.54, 1.807) is 11.6 Å². The monoisotopic (exact) mass is 289 g/mol. The molecule has 0 saturated carbocycles. The highest BCUT2D eigenvalue weighted by Crippen LogP contribution is 2.18. The third-order valence-electron chi connectivity index (χ3n) is 2.65. The summed E-state index contributed by atoms with van der Waals surface area (Å²) in [4.78, 5) is 27.2. The molecule has 0 aliphatic heterocycles. The zero-order chi connectivity index (χ0) is 14.4. The lowest BCUT2D eigenvalue weighted by Crippen LogP contribution is -2.29. The zero-order valence-electron chi connectivity index (χ0n) is 11.0. The number of thiazole rings is 1. The van der Waals surface area contributed by atoms with Crippen LogP contribution in [0.2, 0.25) is 0 Å². The van der Waals surface area contributed by atoms with Crippen molar-refractivity contribution in [2.24, 2.45) is 0 Å². The Balaban J connectivity index is 2.04. The predicted octanol–water partition coefficient (Wildman–Crippen LogP) is 2.35. The van der Waals surface area contributed by atoms with Crippen molar-refractivity contribution in [3.63, 3.8) is 0 Å². The van der Waals surface area contributed by atoms with E-state index >= 15 is 0 Å². The van der Waals surface area contributed by atoms with E-state index in [1.807, 2.05) is 30.3 Å². The van der Waals surface area contributed by atoms with Crippen LogP contribution in [0.4, 0.5) is 5.13 Å². The van der Waals surface area contributed by atoms with Gasteiger partial charge in [-0.3, -0.25) is 9.59 Å². The molecule has 0 radical (unpaired) electrons. The second-order valence-corrected chi connectivity index (χ2v) is 5.15. The van der Waals surface area contributed by atoms with Crippen LogP contribution in [-0.2, 0) is 9.59 Å². The minimum Gasteiger partial charge on any atom is -0.349 e. The summed E-state index contributed by atoms with van der Waals surface area (Å²) in [6.07, 6.45) is 1.80. The number of carbonyl (C=O) groups is 2. The van der Waals surface area contributed by atoms with Gasteiger partial charge in [-0.25, -0.2) is 4.98 Å². The first kappa shape index (κ1) is 14.2. The smallest absolute Gasteiger partial charge is 0.228 e. The van der Waals surface area contributed by atoms with Crippen LogP contribution >= 0.6 is 11.3 Å². The molecule has 1 aromatic carbocycles. The van der Waals surface area contributed by atoms with Gasteiger partial charge >= 0.3 is 0 Å². The van der Waals surface area contributed by atoms with Crippen molar-refractivity contribution in [3.8, 4) is 0 Å². The molecule has 2 N–H and O–H groups in total. The summed E-state index contributed by atoms with van der Waals surface area (Å²) >= 11 is 1.36. The van der Waals surface area contributed by atoms with Gasteiger partial charge < -0.3 is 10.6 Å². The van der Waals surface area contributed by atoms with Crippen LogP contribution in [0.25, 0.3) is 0 Å². The number of nitrogens with one attached hydrogen (secondary N) is 2. The highest BCUT2D eigenvalue weighted by Gasteiger charge is 2.17. The quantitative estimate of drug-likeness (QED) is 0.887. The van der Waals surface area contributed by atoms with Gasteiger partial charge in [0.2, 0.25) is 11.8 Å². The number of benzene rings is 1. The Kier molecular flexibility index (Phi) is 4.84. The molecule has 5 nitrogen and oxygen atoms in total. The number of anilines is 1. The molecular formula is C14H15N3O2S. The minimum absolute atomic E-state index is 0.166. The highest BCUT2D eigenvalue weighted by molar-refractivity contribution is 7.13. The van der Waals surface area contributed by atoms with Gasteiger partial charge in [0.15, 0.2) is 5.13 Å². The summed E-state index contributed by atoms with van der Waals surface area (Å²) in [5, 5.41) is 7.85. The van der Waals surface area contributed by atoms with E-state index in [4.69, 9.17) is 0 Å². The van der Waals surface area contributed by atoms with Crippen molar-refractivity contribution in [1.29, 1.82) is 0 Å². The van der Waals surface area contributed by atoms with Gasteiger partial charge in [-0.15, -0.1) is 11.3 Å². The molecule has 2 aromatic rings. The maximum absolute atomic E-state index is 12.0. The maximum atomic E-state index is 12.0. The highest BCUT2D eigenvalue weighted by atomic mass is 32.1. The van der Waals surface area contributed by atoms with E-state index in [1.165, 1.54) is 18.3 Å². The summed E-state index contributed by atoms with van der Waals surface area (Å²) in [6.45, 7) is 1.44. The van der Waals surface area contributed by atoms with Crippen molar-refractivity contribution >= 4 is 28.3 Å². The average molecular weight is 289 g/mol. The van der Waals surface area contributed by atoms with Crippen molar-refractivity contribution in [2.45, 2.75) is 19.4 Å². The Morgan fingerprint density at radius 3 is 2.65 bits per heavy atom. The summed E-state index contributed by atoms with van der Waals surface area (Å²) < 4.78 is 0. The first-order valence-corrected chi connectivity index (χ1v) is 7.04. The van der Waals surface area contributed by atoms with Crippen molar-refractivity contribution < 1.29 is 9.59 Å². The number of nitrogens with zero attached hydrogens (tertiary/aromatic N) is 1. The standard InChI is InChI=1S/C14H15N3O2S/c1-10(18)16-12(11-5-3-2-4-6-11)9-13(19)17-14-15-7-8-20-14/h2-8,12H,9H2,1H3,(H,16,18)(H,15,17,19)/t12-/m1/s1. The van der Waals surface area contributed by atoms with Crippen molar-refractivity contribution in [1.82, 2.24) is 10.3 Å². The van der Waals surface area contributed by atoms with Gasteiger partial charge in [-0.1, -0.05) is 30.3 Å². The first-order chi connectivity index (χ1) is 9.65. The zero-order valence-corrected chi connectivity index (χ0v) is 11.8. The lowest BCUT2D eigenvalue weighted by atomic mass is 10.0. The molecule has 0 aliphatic carbocycles. The fraction of sp³-hybridized carbons (Fsp3) is 0.214. The van der Waals surface area contributed by atoms with E-state index in [0.29, 0.717) is 5.13 Å². The summed E-state index contributed by atoms with van der Waals surface area (Å²) in [7, 11) is 0. The van der Waals surface area contributed by atoms with Crippen LogP contribution in [0, 0.1) is 0 Å². The molecule has 20 heavy (non-hydrogen) atoms. The van der Waals surface area contributed by atoms with E-state index in [0.717, 1.165) is 5.56 Å². The van der Waals surface area contributed by atoms with E-state index in [2.05, 4.69) is 15.6 Å². The molecule has 1 atom stereocenters. The second-order valence-electron chi connectivity index (χ2n) is 4.25. The Labute approximate surface area is 121 Å². The summed E-state index contributed by atoms with van der Waals surface area (Å²) in [5.74, 6) is -0.344. The number of aromatic nitrogens is 1. The molecule has 0 fully saturated rings. The van der Waals surface area contributed by atoms with Crippen molar-refractivity contribution in [2.75, 3.05) is 5.32 Å². The fourth-order valence-electron chi connectivity index (χ4n) is 1.82. The van der Waals surface area contributed by atoms with Crippen LogP contribution in [0.15, 0.2) is 41.9 Å². The molecule has 0 unspecified atom stereocenters. The van der Waals surface area contributed by atoms with Crippen molar-refractivity contribution in [3.05, 3.63) is 47.5 Å². The van der Waals surface area contributed by atoms with E-state index in [9.17, 15) is 9.59 Å². The van der Waals surface area contributed by atoms with Crippen LogP contribution in [0.5, 0.6) is 0 Å². The molecule has 0 aliphatic rings. The first-order valence-electron chi connectivity index (χ1n) is 6.16. The van der Waals surface area contributed by atoms with Gasteiger partial charge in [0.25, 0.3) is 0 Å². The molecule has 6 heteroatoms. The number of carbonyl (C=O) groups excluding carboxylic acids is 2. The third-order valence-corrected chi connectivity index (χ3v) is 3.34. The average Bonchev–Trinajstić information content (AvgIpc) is 2.91.